The van der Waals surface area contributed by atoms with Crippen LogP contribution in [0.25, 0.3) is 16.7 Å². The number of nitrogens with zero attached hydrogens (tertiary/aromatic N) is 4. The van der Waals surface area contributed by atoms with Crippen molar-refractivity contribution in [3.8, 4) is 0 Å². The third-order valence-corrected chi connectivity index (χ3v) is 6.24. The molecule has 30 heavy (non-hydrogen) atoms. The van der Waals surface area contributed by atoms with Gasteiger partial charge in [-0.1, -0.05) is 67.1 Å². The average molecular weight is 421 g/mol. The van der Waals surface area contributed by atoms with Gasteiger partial charge in [0.25, 0.3) is 5.56 Å². The minimum atomic E-state index is -0.338. The molecule has 0 aliphatic carbocycles. The van der Waals surface area contributed by atoms with Crippen molar-refractivity contribution in [3.05, 3.63) is 70.0 Å². The molecule has 0 fully saturated rings. The van der Waals surface area contributed by atoms with E-state index < -0.39 is 0 Å². The Kier molecular flexibility index (Phi) is 5.72. The third kappa shape index (κ3) is 3.65. The maximum Gasteiger partial charge on any atom is 0.262 e. The molecule has 0 amide bonds. The van der Waals surface area contributed by atoms with Gasteiger partial charge in [-0.3, -0.25) is 18.6 Å². The van der Waals surface area contributed by atoms with Crippen LogP contribution in [-0.4, -0.2) is 30.2 Å². The first kappa shape index (κ1) is 20.3. The lowest BCUT2D eigenvalue weighted by molar-refractivity contribution is 0.0994. The monoisotopic (exact) mass is 420 g/mol. The van der Waals surface area contributed by atoms with Gasteiger partial charge in [0, 0.05) is 12.1 Å². The Morgan fingerprint density at radius 3 is 2.57 bits per heavy atom. The second kappa shape index (κ2) is 8.44. The van der Waals surface area contributed by atoms with Crippen LogP contribution in [0.4, 0.5) is 0 Å². The molecular formula is C23H24N4O2S. The number of ketones is 1. The summed E-state index contributed by atoms with van der Waals surface area (Å²) in [5, 5.41) is 9.57. The molecule has 2 aromatic heterocycles. The highest BCUT2D eigenvalue weighted by molar-refractivity contribution is 8.00. The van der Waals surface area contributed by atoms with E-state index in [2.05, 4.69) is 17.1 Å². The molecule has 0 aliphatic heterocycles. The number of hydrogen-bond acceptors (Lipinski definition) is 5. The van der Waals surface area contributed by atoms with Gasteiger partial charge in [0.1, 0.15) is 0 Å². The SMILES string of the molecule is CCCCn1c(=O)c2ccccc2n2c(SC(C)C(=O)c3ccc(C)cc3)nnc12. The van der Waals surface area contributed by atoms with E-state index in [0.717, 1.165) is 23.9 Å². The van der Waals surface area contributed by atoms with Crippen LogP contribution in [0.1, 0.15) is 42.6 Å². The first-order valence-corrected chi connectivity index (χ1v) is 11.0. The van der Waals surface area contributed by atoms with Crippen molar-refractivity contribution in [1.29, 1.82) is 0 Å². The van der Waals surface area contributed by atoms with Gasteiger partial charge >= 0.3 is 0 Å². The molecule has 0 aliphatic rings. The van der Waals surface area contributed by atoms with Gasteiger partial charge < -0.3 is 0 Å². The van der Waals surface area contributed by atoms with Gasteiger partial charge in [0.05, 0.1) is 16.2 Å². The molecule has 0 saturated carbocycles. The maximum absolute atomic E-state index is 13.0. The van der Waals surface area contributed by atoms with E-state index in [-0.39, 0.29) is 16.6 Å². The molecule has 0 N–H and O–H groups in total. The molecule has 0 saturated heterocycles. The van der Waals surface area contributed by atoms with Crippen LogP contribution in [-0.2, 0) is 6.54 Å². The number of fused-ring (bicyclic) bond motifs is 3. The predicted molar refractivity (Wildman–Crippen MR) is 120 cm³/mol. The summed E-state index contributed by atoms with van der Waals surface area (Å²) in [4.78, 5) is 25.9. The summed E-state index contributed by atoms with van der Waals surface area (Å²) >= 11 is 1.36. The van der Waals surface area contributed by atoms with E-state index in [1.165, 1.54) is 11.8 Å². The summed E-state index contributed by atoms with van der Waals surface area (Å²) in [6.07, 6.45) is 1.86. The van der Waals surface area contributed by atoms with Crippen molar-refractivity contribution in [2.45, 2.75) is 50.6 Å². The summed E-state index contributed by atoms with van der Waals surface area (Å²) in [6, 6.07) is 15.1. The topological polar surface area (TPSA) is 69.3 Å². The van der Waals surface area contributed by atoms with Crippen LogP contribution in [0, 0.1) is 6.92 Å². The smallest absolute Gasteiger partial charge is 0.262 e. The van der Waals surface area contributed by atoms with E-state index in [4.69, 9.17) is 0 Å². The van der Waals surface area contributed by atoms with E-state index >= 15 is 0 Å². The summed E-state index contributed by atoms with van der Waals surface area (Å²) in [6.45, 7) is 6.55. The Labute approximate surface area is 178 Å². The largest absolute Gasteiger partial charge is 0.293 e. The first-order valence-electron chi connectivity index (χ1n) is 10.2. The molecule has 1 unspecified atom stereocenters. The third-order valence-electron chi connectivity index (χ3n) is 5.20. The zero-order valence-corrected chi connectivity index (χ0v) is 18.1. The highest BCUT2D eigenvalue weighted by Gasteiger charge is 2.22. The van der Waals surface area contributed by atoms with E-state index in [1.807, 2.05) is 66.8 Å². The molecule has 0 spiro atoms. The molecule has 6 nitrogen and oxygen atoms in total. The number of aryl methyl sites for hydroxylation is 2. The highest BCUT2D eigenvalue weighted by atomic mass is 32.2. The number of carbonyl (C=O) groups is 1. The number of para-hydroxylation sites is 1. The summed E-state index contributed by atoms with van der Waals surface area (Å²) in [7, 11) is 0. The molecule has 2 heterocycles. The van der Waals surface area contributed by atoms with Gasteiger partial charge in [-0.25, -0.2) is 0 Å². The molecule has 7 heteroatoms. The lowest BCUT2D eigenvalue weighted by atomic mass is 10.1. The lowest BCUT2D eigenvalue weighted by Crippen LogP contribution is -2.23. The molecule has 2 aromatic carbocycles. The lowest BCUT2D eigenvalue weighted by Gasteiger charge is -2.12. The number of unbranched alkanes of at least 4 members (excludes halogenated alkanes) is 1. The number of hydrogen-bond donors (Lipinski definition) is 0. The first-order chi connectivity index (χ1) is 14.5. The molecule has 0 bridgehead atoms. The van der Waals surface area contributed by atoms with Gasteiger partial charge in [-0.15, -0.1) is 10.2 Å². The quantitative estimate of drug-likeness (QED) is 0.325. The summed E-state index contributed by atoms with van der Waals surface area (Å²) in [5.74, 6) is 0.560. The van der Waals surface area contributed by atoms with Crippen LogP contribution in [0.15, 0.2) is 58.5 Å². The zero-order chi connectivity index (χ0) is 21.3. The van der Waals surface area contributed by atoms with E-state index in [1.54, 1.807) is 4.57 Å². The predicted octanol–water partition coefficient (Wildman–Crippen LogP) is 4.52. The van der Waals surface area contributed by atoms with Crippen LogP contribution < -0.4 is 5.56 Å². The molecular weight excluding hydrogens is 396 g/mol. The molecule has 0 radical (unpaired) electrons. The second-order valence-electron chi connectivity index (χ2n) is 7.44. The fourth-order valence-corrected chi connectivity index (χ4v) is 4.42. The minimum absolute atomic E-state index is 0.0420. The van der Waals surface area contributed by atoms with Crippen molar-refractivity contribution in [3.63, 3.8) is 0 Å². The van der Waals surface area contributed by atoms with E-state index in [0.29, 0.717) is 28.4 Å². The number of benzene rings is 2. The highest BCUT2D eigenvalue weighted by Crippen LogP contribution is 2.27. The molecule has 4 rings (SSSR count). The van der Waals surface area contributed by atoms with Crippen LogP contribution in [0.2, 0.25) is 0 Å². The maximum atomic E-state index is 13.0. The number of aromatic nitrogens is 4. The Bertz CT molecular complexity index is 1270. The second-order valence-corrected chi connectivity index (χ2v) is 8.74. The number of thioether (sulfide) groups is 1. The Morgan fingerprint density at radius 1 is 1.10 bits per heavy atom. The summed E-state index contributed by atoms with van der Waals surface area (Å²) in [5.41, 5.74) is 2.50. The van der Waals surface area contributed by atoms with Gasteiger partial charge in [-0.05, 0) is 32.4 Å². The van der Waals surface area contributed by atoms with E-state index in [9.17, 15) is 9.59 Å². The molecule has 154 valence electrons. The number of Topliss-reactive ketones (excluding diaryl/α,β-unsaturated/α-hetero) is 1. The fraction of sp³-hybridized carbons (Fsp3) is 0.304. The van der Waals surface area contributed by atoms with Gasteiger partial charge in [-0.2, -0.15) is 0 Å². The van der Waals surface area contributed by atoms with Crippen molar-refractivity contribution < 1.29 is 4.79 Å². The Morgan fingerprint density at radius 2 is 1.83 bits per heavy atom. The van der Waals surface area contributed by atoms with Crippen molar-refractivity contribution in [1.82, 2.24) is 19.2 Å². The molecule has 4 aromatic rings. The number of rotatable bonds is 7. The van der Waals surface area contributed by atoms with Crippen LogP contribution in [0.5, 0.6) is 0 Å². The minimum Gasteiger partial charge on any atom is -0.293 e. The standard InChI is InChI=1S/C23H24N4O2S/c1-4-5-14-26-21(29)18-8-6-7-9-19(18)27-22(26)24-25-23(27)30-16(3)20(28)17-12-10-15(2)11-13-17/h6-13,16H,4-5,14H2,1-3H3. The van der Waals surface area contributed by atoms with Crippen molar-refractivity contribution >= 4 is 34.2 Å². The Hall–Kier alpha value is -2.93. The average Bonchev–Trinajstić information content (AvgIpc) is 3.17. The van der Waals surface area contributed by atoms with Gasteiger partial charge in [0.15, 0.2) is 10.9 Å². The molecule has 1 atom stereocenters. The number of carbonyl (C=O) groups excluding carboxylic acids is 1. The zero-order valence-electron chi connectivity index (χ0n) is 17.3. The van der Waals surface area contributed by atoms with Crippen molar-refractivity contribution in [2.75, 3.05) is 0 Å². The van der Waals surface area contributed by atoms with Crippen LogP contribution in [0.3, 0.4) is 0 Å². The Balaban J connectivity index is 1.78. The normalized spacial score (nSPS) is 12.5. The summed E-state index contributed by atoms with van der Waals surface area (Å²) < 4.78 is 3.59. The van der Waals surface area contributed by atoms with Crippen LogP contribution >= 0.6 is 11.8 Å². The fourth-order valence-electron chi connectivity index (χ4n) is 3.49. The van der Waals surface area contributed by atoms with Gasteiger partial charge in [0.2, 0.25) is 5.78 Å². The van der Waals surface area contributed by atoms with Crippen molar-refractivity contribution in [2.24, 2.45) is 0 Å².